The summed E-state index contributed by atoms with van der Waals surface area (Å²) in [6.07, 6.45) is 0. The van der Waals surface area contributed by atoms with Crippen molar-refractivity contribution >= 4 is 15.9 Å². The van der Waals surface area contributed by atoms with E-state index in [1.165, 1.54) is 0 Å². The molecule has 3 nitrogen and oxygen atoms in total. The summed E-state index contributed by atoms with van der Waals surface area (Å²) in [4.78, 5) is 4.36. The number of nitrogens with zero attached hydrogens (tertiary/aromatic N) is 1. The summed E-state index contributed by atoms with van der Waals surface area (Å²) >= 11 is 3.46. The van der Waals surface area contributed by atoms with Crippen molar-refractivity contribution in [2.75, 3.05) is 0 Å². The van der Waals surface area contributed by atoms with E-state index in [2.05, 4.69) is 20.9 Å². The second-order valence-corrected chi connectivity index (χ2v) is 4.50. The average molecular weight is 281 g/mol. The summed E-state index contributed by atoms with van der Waals surface area (Å²) in [6.45, 7) is 4.27. The maximum Gasteiger partial charge on any atom is 0.191 e. The highest BCUT2D eigenvalue weighted by Gasteiger charge is 2.10. The Balaban J connectivity index is 2.52. The van der Waals surface area contributed by atoms with Gasteiger partial charge in [-0.25, -0.2) is 4.98 Å². The monoisotopic (exact) mass is 280 g/mol. The van der Waals surface area contributed by atoms with Crippen molar-refractivity contribution in [1.29, 1.82) is 0 Å². The molecule has 0 radical (unpaired) electrons. The Morgan fingerprint density at radius 1 is 1.38 bits per heavy atom. The van der Waals surface area contributed by atoms with Gasteiger partial charge < -0.3 is 10.2 Å². The molecule has 0 saturated carbocycles. The summed E-state index contributed by atoms with van der Waals surface area (Å²) in [7, 11) is 0. The Kier molecular flexibility index (Phi) is 3.12. The lowest BCUT2D eigenvalue weighted by Gasteiger charge is -2.04. The Hall–Kier alpha value is -1.13. The molecule has 0 bridgehead atoms. The van der Waals surface area contributed by atoms with Crippen molar-refractivity contribution in [3.63, 3.8) is 0 Å². The zero-order valence-corrected chi connectivity index (χ0v) is 10.8. The van der Waals surface area contributed by atoms with Gasteiger partial charge in [0.25, 0.3) is 0 Å². The minimum absolute atomic E-state index is 0.504. The molecule has 0 fully saturated rings. The van der Waals surface area contributed by atoms with E-state index in [4.69, 9.17) is 10.2 Å². The van der Waals surface area contributed by atoms with Gasteiger partial charge in [-0.3, -0.25) is 0 Å². The number of hydrogen-bond acceptors (Lipinski definition) is 3. The van der Waals surface area contributed by atoms with E-state index in [0.29, 0.717) is 12.4 Å². The third kappa shape index (κ3) is 2.03. The van der Waals surface area contributed by atoms with Gasteiger partial charge in [-0.1, -0.05) is 22.0 Å². The zero-order valence-electron chi connectivity index (χ0n) is 9.25. The van der Waals surface area contributed by atoms with Gasteiger partial charge in [0.05, 0.1) is 0 Å². The van der Waals surface area contributed by atoms with Gasteiger partial charge in [0.15, 0.2) is 5.89 Å². The molecule has 1 aromatic heterocycles. The molecule has 16 heavy (non-hydrogen) atoms. The van der Waals surface area contributed by atoms with E-state index in [1.54, 1.807) is 0 Å². The molecule has 0 aliphatic heterocycles. The van der Waals surface area contributed by atoms with Crippen molar-refractivity contribution in [2.45, 2.75) is 20.4 Å². The largest absolute Gasteiger partial charge is 0.446 e. The first-order valence-electron chi connectivity index (χ1n) is 5.04. The minimum Gasteiger partial charge on any atom is -0.446 e. The van der Waals surface area contributed by atoms with E-state index >= 15 is 0 Å². The van der Waals surface area contributed by atoms with E-state index in [0.717, 1.165) is 27.1 Å². The van der Waals surface area contributed by atoms with Crippen molar-refractivity contribution in [3.8, 4) is 11.3 Å². The van der Waals surface area contributed by atoms with E-state index in [-0.39, 0.29) is 0 Å². The number of rotatable bonds is 2. The van der Waals surface area contributed by atoms with Crippen LogP contribution in [0.15, 0.2) is 27.1 Å². The molecular weight excluding hydrogens is 268 g/mol. The number of aryl methyl sites for hydroxylation is 2. The summed E-state index contributed by atoms with van der Waals surface area (Å²) in [5.74, 6) is 1.52. The molecule has 0 atom stereocenters. The van der Waals surface area contributed by atoms with Crippen molar-refractivity contribution in [1.82, 2.24) is 4.98 Å². The van der Waals surface area contributed by atoms with Crippen LogP contribution >= 0.6 is 15.9 Å². The smallest absolute Gasteiger partial charge is 0.191 e. The van der Waals surface area contributed by atoms with Gasteiger partial charge in [0, 0.05) is 23.5 Å². The summed E-state index contributed by atoms with van der Waals surface area (Å²) in [5, 5.41) is 0. The van der Waals surface area contributed by atoms with E-state index in [1.807, 2.05) is 32.0 Å². The van der Waals surface area contributed by atoms with Crippen LogP contribution in [-0.2, 0) is 6.54 Å². The lowest BCUT2D eigenvalue weighted by Crippen LogP contribution is -1.97. The molecule has 0 aliphatic carbocycles. The Labute approximate surface area is 103 Å². The molecule has 1 aromatic carbocycles. The molecule has 0 saturated heterocycles. The molecule has 2 aromatic rings. The number of benzene rings is 1. The lowest BCUT2D eigenvalue weighted by atomic mass is 10.1. The van der Waals surface area contributed by atoms with E-state index < -0.39 is 0 Å². The standard InChI is InChI=1S/C12H13BrN2O/c1-7-12(15-8(2)16-7)9-3-4-11(13)10(5-9)6-14/h3-5H,6,14H2,1-2H3. The first-order valence-corrected chi connectivity index (χ1v) is 5.84. The van der Waals surface area contributed by atoms with Gasteiger partial charge in [-0.05, 0) is 24.6 Å². The third-order valence-corrected chi connectivity index (χ3v) is 3.22. The van der Waals surface area contributed by atoms with Gasteiger partial charge in [-0.2, -0.15) is 0 Å². The predicted octanol–water partition coefficient (Wildman–Crippen LogP) is 3.18. The quantitative estimate of drug-likeness (QED) is 0.919. The molecule has 84 valence electrons. The highest BCUT2D eigenvalue weighted by molar-refractivity contribution is 9.10. The van der Waals surface area contributed by atoms with Crippen LogP contribution in [0, 0.1) is 13.8 Å². The molecule has 0 spiro atoms. The van der Waals surface area contributed by atoms with Crippen molar-refractivity contribution in [3.05, 3.63) is 39.9 Å². The second-order valence-electron chi connectivity index (χ2n) is 3.65. The Morgan fingerprint density at radius 3 is 2.69 bits per heavy atom. The molecule has 0 unspecified atom stereocenters. The fourth-order valence-corrected chi connectivity index (χ4v) is 2.08. The first kappa shape index (κ1) is 11.4. The molecule has 0 amide bonds. The van der Waals surface area contributed by atoms with Gasteiger partial charge in [0.1, 0.15) is 11.5 Å². The van der Waals surface area contributed by atoms with Crippen LogP contribution in [0.5, 0.6) is 0 Å². The summed E-state index contributed by atoms with van der Waals surface area (Å²) in [5.41, 5.74) is 8.66. The van der Waals surface area contributed by atoms with Gasteiger partial charge >= 0.3 is 0 Å². The fraction of sp³-hybridized carbons (Fsp3) is 0.250. The minimum atomic E-state index is 0.504. The normalized spacial score (nSPS) is 10.8. The SMILES string of the molecule is Cc1nc(-c2ccc(Br)c(CN)c2)c(C)o1. The maximum atomic E-state index is 5.67. The Morgan fingerprint density at radius 2 is 2.12 bits per heavy atom. The Bertz CT molecular complexity index is 520. The summed E-state index contributed by atoms with van der Waals surface area (Å²) in [6, 6.07) is 6.03. The van der Waals surface area contributed by atoms with Crippen molar-refractivity contribution < 1.29 is 4.42 Å². The molecule has 2 N–H and O–H groups in total. The molecule has 0 aliphatic rings. The van der Waals surface area contributed by atoms with Crippen LogP contribution < -0.4 is 5.73 Å². The number of oxazole rings is 1. The topological polar surface area (TPSA) is 52.0 Å². The average Bonchev–Trinajstić information content (AvgIpc) is 2.59. The number of halogens is 1. The van der Waals surface area contributed by atoms with Crippen LogP contribution in [0.2, 0.25) is 0 Å². The lowest BCUT2D eigenvalue weighted by molar-refractivity contribution is 0.495. The highest BCUT2D eigenvalue weighted by atomic mass is 79.9. The van der Waals surface area contributed by atoms with Crippen molar-refractivity contribution in [2.24, 2.45) is 5.73 Å². The fourth-order valence-electron chi connectivity index (χ4n) is 1.68. The maximum absolute atomic E-state index is 5.67. The van der Waals surface area contributed by atoms with E-state index in [9.17, 15) is 0 Å². The molecular formula is C12H13BrN2O. The number of nitrogens with two attached hydrogens (primary N) is 1. The van der Waals surface area contributed by atoms with Gasteiger partial charge in [0.2, 0.25) is 0 Å². The van der Waals surface area contributed by atoms with Crippen LogP contribution in [-0.4, -0.2) is 4.98 Å². The zero-order chi connectivity index (χ0) is 11.7. The predicted molar refractivity (Wildman–Crippen MR) is 67.0 cm³/mol. The number of aromatic nitrogens is 1. The van der Waals surface area contributed by atoms with Crippen LogP contribution in [0.3, 0.4) is 0 Å². The molecule has 2 rings (SSSR count). The first-order chi connectivity index (χ1) is 7.61. The second kappa shape index (κ2) is 4.39. The number of hydrogen-bond donors (Lipinski definition) is 1. The van der Waals surface area contributed by atoms with Crippen LogP contribution in [0.1, 0.15) is 17.2 Å². The van der Waals surface area contributed by atoms with Gasteiger partial charge in [-0.15, -0.1) is 0 Å². The molecule has 1 heterocycles. The highest BCUT2D eigenvalue weighted by Crippen LogP contribution is 2.27. The summed E-state index contributed by atoms with van der Waals surface area (Å²) < 4.78 is 6.44. The third-order valence-electron chi connectivity index (χ3n) is 2.44. The van der Waals surface area contributed by atoms with Crippen LogP contribution in [0.4, 0.5) is 0 Å². The van der Waals surface area contributed by atoms with Crippen LogP contribution in [0.25, 0.3) is 11.3 Å². The molecule has 4 heteroatoms.